The quantitative estimate of drug-likeness (QED) is 0.141. The summed E-state index contributed by atoms with van der Waals surface area (Å²) in [6.07, 6.45) is 3.97. The first-order chi connectivity index (χ1) is 18.3. The van der Waals surface area contributed by atoms with Crippen LogP contribution in [0.4, 0.5) is 0 Å². The fourth-order valence-electron chi connectivity index (χ4n) is 2.37. The molecule has 0 aliphatic carbocycles. The Labute approximate surface area is 230 Å². The summed E-state index contributed by atoms with van der Waals surface area (Å²) in [6, 6.07) is -2.13. The number of aryl methyl sites for hydroxylation is 2. The molecule has 0 aliphatic rings. The molecule has 0 saturated carbocycles. The zero-order chi connectivity index (χ0) is 31.0. The number of Topliss-reactive ketones (excluding diaryl/α,β-unsaturated/α-hetero) is 1. The number of primary amides is 1. The maximum Gasteiger partial charge on any atom is 0.305 e. The highest BCUT2D eigenvalue weighted by molar-refractivity contribution is 5.89. The van der Waals surface area contributed by atoms with E-state index in [4.69, 9.17) is 21.7 Å². The molecule has 0 fully saturated rings. The van der Waals surface area contributed by atoms with Crippen molar-refractivity contribution in [3.63, 3.8) is 0 Å². The van der Waals surface area contributed by atoms with Gasteiger partial charge in [-0.2, -0.15) is 0 Å². The van der Waals surface area contributed by atoms with Crippen molar-refractivity contribution in [3.8, 4) is 0 Å². The Morgan fingerprint density at radius 2 is 1.72 bits per heavy atom. The topological polar surface area (TPSA) is 245 Å². The highest BCUT2D eigenvalue weighted by Crippen LogP contribution is 1.96. The lowest BCUT2D eigenvalue weighted by Gasteiger charge is -2.17. The highest BCUT2D eigenvalue weighted by atomic mass is 16.4. The van der Waals surface area contributed by atoms with Gasteiger partial charge in [-0.15, -0.1) is 5.10 Å². The molecule has 9 N–H and O–H groups in total. The molecule has 3 atom stereocenters. The Bertz CT molecular complexity index is 846. The molecule has 1 aromatic heterocycles. The van der Waals surface area contributed by atoms with Crippen LogP contribution >= 0.6 is 0 Å². The predicted octanol–water partition coefficient (Wildman–Crippen LogP) is -1.28. The number of hydrogen-bond donors (Lipinski definition) is 7. The van der Waals surface area contributed by atoms with E-state index in [1.807, 2.05) is 24.7 Å². The van der Waals surface area contributed by atoms with Gasteiger partial charge >= 0.3 is 5.97 Å². The fraction of sp³-hybridized carbons (Fsp3) is 0.708. The Morgan fingerprint density at radius 1 is 1.13 bits per heavy atom. The lowest BCUT2D eigenvalue weighted by atomic mass is 10.2. The zero-order valence-electron chi connectivity index (χ0n) is 24.2. The standard InChI is InChI=1S/C8H15N3.C7H15N3O3.C7H12N2O4.C2H6/c1-3-5-6-11-7-8(4-2)9-10-11;1-4(11)6(7(8)13)10-5(12)3-9-2;1-4(10)3-9-7(13)5(8)2-6(11)12;1-2/h7H,3-6H2,1-2H3;4,6,9,11H,3H2,1-2H3,(H2,8,13)(H,10,12);5H,2-3,8H2,1H3,(H,9,13)(H,11,12);1-2H3. The molecule has 0 radical (unpaired) electrons. The number of ketones is 1. The number of carboxylic acid groups (broad SMARTS) is 1. The van der Waals surface area contributed by atoms with Crippen molar-refractivity contribution in [1.29, 1.82) is 0 Å². The van der Waals surface area contributed by atoms with Crippen molar-refractivity contribution in [3.05, 3.63) is 11.9 Å². The van der Waals surface area contributed by atoms with Gasteiger partial charge in [0.2, 0.25) is 17.7 Å². The van der Waals surface area contributed by atoms with Crippen LogP contribution in [-0.4, -0.2) is 93.0 Å². The summed E-state index contributed by atoms with van der Waals surface area (Å²) in [5, 5.41) is 32.4. The minimum absolute atomic E-state index is 0.0799. The molecular weight excluding hydrogens is 512 g/mol. The molecule has 15 heteroatoms. The monoisotopic (exact) mass is 560 g/mol. The van der Waals surface area contributed by atoms with E-state index in [1.54, 1.807) is 7.05 Å². The summed E-state index contributed by atoms with van der Waals surface area (Å²) in [5.74, 6) is -3.12. The summed E-state index contributed by atoms with van der Waals surface area (Å²) in [5.41, 5.74) is 11.2. The molecule has 0 saturated heterocycles. The molecule has 0 bridgehead atoms. The maximum atomic E-state index is 11.0. The number of aliphatic carboxylic acids is 1. The van der Waals surface area contributed by atoms with Crippen molar-refractivity contribution in [2.45, 2.75) is 92.0 Å². The number of unbranched alkanes of at least 4 members (excludes halogenated alkanes) is 1. The number of likely N-dealkylation sites (N-methyl/N-ethyl adjacent to an activating group) is 1. The number of aliphatic hydroxyl groups is 1. The van der Waals surface area contributed by atoms with Crippen LogP contribution in [0.3, 0.4) is 0 Å². The minimum Gasteiger partial charge on any atom is -0.481 e. The summed E-state index contributed by atoms with van der Waals surface area (Å²) in [4.78, 5) is 53.2. The Morgan fingerprint density at radius 3 is 2.10 bits per heavy atom. The SMILES string of the molecule is CC.CC(=O)CNC(=O)C(N)CC(=O)O.CCCCn1cc(CC)nn1.CNCC(=O)NC(C(N)=O)C(C)O. The van der Waals surface area contributed by atoms with Crippen molar-refractivity contribution in [2.24, 2.45) is 11.5 Å². The number of aliphatic hydroxyl groups excluding tert-OH is 1. The van der Waals surface area contributed by atoms with Gasteiger partial charge in [0.15, 0.2) is 0 Å². The molecule has 3 unspecified atom stereocenters. The predicted molar refractivity (Wildman–Crippen MR) is 146 cm³/mol. The number of nitrogens with one attached hydrogen (secondary N) is 3. The second kappa shape index (κ2) is 24.9. The number of hydrogen-bond acceptors (Lipinski definition) is 10. The largest absolute Gasteiger partial charge is 0.481 e. The number of rotatable bonds is 14. The van der Waals surface area contributed by atoms with Crippen LogP contribution in [0.25, 0.3) is 0 Å². The van der Waals surface area contributed by atoms with Crippen LogP contribution in [0, 0.1) is 0 Å². The molecule has 0 spiro atoms. The van der Waals surface area contributed by atoms with Gasteiger partial charge in [0, 0.05) is 12.7 Å². The second-order valence-electron chi connectivity index (χ2n) is 8.02. The Hall–Kier alpha value is -3.43. The van der Waals surface area contributed by atoms with Gasteiger partial charge in [-0.05, 0) is 33.7 Å². The minimum atomic E-state index is -1.15. The third-order valence-electron chi connectivity index (χ3n) is 4.37. The average Bonchev–Trinajstić information content (AvgIpc) is 3.34. The van der Waals surface area contributed by atoms with Gasteiger partial charge in [0.05, 0.1) is 37.4 Å². The molecule has 226 valence electrons. The van der Waals surface area contributed by atoms with E-state index >= 15 is 0 Å². The molecule has 1 rings (SSSR count). The van der Waals surface area contributed by atoms with Gasteiger partial charge in [-0.25, -0.2) is 0 Å². The summed E-state index contributed by atoms with van der Waals surface area (Å²) in [7, 11) is 1.60. The normalized spacial score (nSPS) is 11.9. The highest BCUT2D eigenvalue weighted by Gasteiger charge is 2.22. The molecule has 3 amide bonds. The van der Waals surface area contributed by atoms with E-state index in [-0.39, 0.29) is 24.8 Å². The average molecular weight is 561 g/mol. The third kappa shape index (κ3) is 23.4. The number of nitrogens with two attached hydrogens (primary N) is 2. The smallest absolute Gasteiger partial charge is 0.305 e. The van der Waals surface area contributed by atoms with Crippen LogP contribution in [0.15, 0.2) is 6.20 Å². The molecule has 39 heavy (non-hydrogen) atoms. The Balaban J connectivity index is -0.000000483. The maximum absolute atomic E-state index is 11.0. The van der Waals surface area contributed by atoms with E-state index < -0.39 is 42.4 Å². The molecule has 0 aliphatic heterocycles. The van der Waals surface area contributed by atoms with Crippen molar-refractivity contribution < 1.29 is 34.2 Å². The van der Waals surface area contributed by atoms with Crippen LogP contribution in [0.1, 0.15) is 66.5 Å². The van der Waals surface area contributed by atoms with Gasteiger partial charge in [0.1, 0.15) is 11.8 Å². The van der Waals surface area contributed by atoms with Crippen LogP contribution in [0.5, 0.6) is 0 Å². The number of carbonyl (C=O) groups excluding carboxylic acids is 4. The first-order valence-corrected chi connectivity index (χ1v) is 12.8. The summed E-state index contributed by atoms with van der Waals surface area (Å²) >= 11 is 0. The molecule has 1 heterocycles. The van der Waals surface area contributed by atoms with Crippen molar-refractivity contribution in [2.75, 3.05) is 20.1 Å². The Kier molecular flexibility index (Phi) is 25.6. The van der Waals surface area contributed by atoms with Gasteiger partial charge in [-0.3, -0.25) is 28.7 Å². The van der Waals surface area contributed by atoms with Gasteiger partial charge in [-0.1, -0.05) is 39.3 Å². The van der Waals surface area contributed by atoms with Gasteiger partial charge in [0.25, 0.3) is 0 Å². The third-order valence-corrected chi connectivity index (χ3v) is 4.37. The number of nitrogens with zero attached hydrogens (tertiary/aromatic N) is 3. The first kappa shape index (κ1) is 40.1. The van der Waals surface area contributed by atoms with Gasteiger partial charge < -0.3 is 37.6 Å². The van der Waals surface area contributed by atoms with E-state index in [0.29, 0.717) is 0 Å². The van der Waals surface area contributed by atoms with Crippen molar-refractivity contribution in [1.82, 2.24) is 30.9 Å². The second-order valence-corrected chi connectivity index (χ2v) is 8.02. The molecular formula is C24H48N8O7. The van der Waals surface area contributed by atoms with E-state index in [9.17, 15) is 24.0 Å². The molecule has 15 nitrogen and oxygen atoms in total. The molecule has 0 aromatic carbocycles. The van der Waals surface area contributed by atoms with Crippen LogP contribution in [-0.2, 0) is 36.9 Å². The zero-order valence-corrected chi connectivity index (χ0v) is 24.2. The number of amides is 3. The van der Waals surface area contributed by atoms with Crippen molar-refractivity contribution >= 4 is 29.5 Å². The number of carbonyl (C=O) groups is 5. The van der Waals surface area contributed by atoms with E-state index in [2.05, 4.69) is 40.1 Å². The summed E-state index contributed by atoms with van der Waals surface area (Å²) in [6.45, 7) is 11.9. The lowest BCUT2D eigenvalue weighted by Crippen LogP contribution is -2.52. The van der Waals surface area contributed by atoms with E-state index in [1.165, 1.54) is 26.7 Å². The number of aromatic nitrogens is 3. The summed E-state index contributed by atoms with van der Waals surface area (Å²) < 4.78 is 1.92. The van der Waals surface area contributed by atoms with Crippen LogP contribution in [0.2, 0.25) is 0 Å². The first-order valence-electron chi connectivity index (χ1n) is 12.8. The number of carboxylic acids is 1. The lowest BCUT2D eigenvalue weighted by molar-refractivity contribution is -0.139. The molecule has 1 aromatic rings. The van der Waals surface area contributed by atoms with E-state index in [0.717, 1.165) is 18.7 Å². The van der Waals surface area contributed by atoms with Crippen LogP contribution < -0.4 is 27.4 Å². The fourth-order valence-corrected chi connectivity index (χ4v) is 2.37.